The Balaban J connectivity index is 2.54. The average Bonchev–Trinajstić information content (AvgIpc) is 2.51. The van der Waals surface area contributed by atoms with Gasteiger partial charge in [-0.2, -0.15) is 0 Å². The number of imidazole rings is 1. The highest BCUT2D eigenvalue weighted by Gasteiger charge is 2.06. The molecule has 0 saturated carbocycles. The van der Waals surface area contributed by atoms with Crippen molar-refractivity contribution in [3.05, 3.63) is 18.3 Å². The monoisotopic (exact) mass is 176 g/mol. The van der Waals surface area contributed by atoms with Crippen molar-refractivity contribution in [1.29, 1.82) is 0 Å². The van der Waals surface area contributed by atoms with Crippen LogP contribution in [0.5, 0.6) is 0 Å². The normalized spacial score (nSPS) is 10.5. The second-order valence-corrected chi connectivity index (χ2v) is 2.80. The fourth-order valence-electron chi connectivity index (χ4n) is 1.18. The third-order valence-corrected chi connectivity index (χ3v) is 1.72. The standard InChI is InChI=1S/C8H8N4O/c1-5(13)2-6-7-8(11-3-9-6)12-4-10-7/h3-4H,2H2,1H3,(H,9,10,11,12). The summed E-state index contributed by atoms with van der Waals surface area (Å²) in [5.41, 5.74) is 2.05. The highest BCUT2D eigenvalue weighted by molar-refractivity contribution is 5.83. The molecule has 5 heteroatoms. The maximum Gasteiger partial charge on any atom is 0.180 e. The van der Waals surface area contributed by atoms with E-state index in [9.17, 15) is 4.79 Å². The third-order valence-electron chi connectivity index (χ3n) is 1.72. The van der Waals surface area contributed by atoms with Crippen LogP contribution >= 0.6 is 0 Å². The van der Waals surface area contributed by atoms with Gasteiger partial charge in [0.1, 0.15) is 17.6 Å². The molecule has 0 aliphatic rings. The summed E-state index contributed by atoms with van der Waals surface area (Å²) in [6.45, 7) is 1.53. The number of fused-ring (bicyclic) bond motifs is 1. The molecule has 2 rings (SSSR count). The SMILES string of the molecule is CC(=O)Cc1ncnc2nc[nH]c12. The fourth-order valence-corrected chi connectivity index (χ4v) is 1.18. The van der Waals surface area contributed by atoms with E-state index in [0.29, 0.717) is 17.8 Å². The summed E-state index contributed by atoms with van der Waals surface area (Å²) < 4.78 is 0. The molecule has 66 valence electrons. The van der Waals surface area contributed by atoms with Crippen LogP contribution in [0, 0.1) is 0 Å². The van der Waals surface area contributed by atoms with Gasteiger partial charge in [-0.3, -0.25) is 4.79 Å². The van der Waals surface area contributed by atoms with E-state index >= 15 is 0 Å². The number of aromatic nitrogens is 4. The number of ketones is 1. The number of Topliss-reactive ketones (excluding diaryl/α,β-unsaturated/α-hetero) is 1. The molecule has 2 aromatic heterocycles. The van der Waals surface area contributed by atoms with Gasteiger partial charge in [-0.15, -0.1) is 0 Å². The number of rotatable bonds is 2. The lowest BCUT2D eigenvalue weighted by molar-refractivity contribution is -0.116. The minimum Gasteiger partial charge on any atom is -0.342 e. The largest absolute Gasteiger partial charge is 0.342 e. The fraction of sp³-hybridized carbons (Fsp3) is 0.250. The lowest BCUT2D eigenvalue weighted by atomic mass is 10.2. The van der Waals surface area contributed by atoms with Crippen molar-refractivity contribution in [3.63, 3.8) is 0 Å². The Kier molecular flexibility index (Phi) is 1.77. The molecule has 0 unspecified atom stereocenters. The molecule has 0 aromatic carbocycles. The van der Waals surface area contributed by atoms with Gasteiger partial charge in [-0.1, -0.05) is 0 Å². The lowest BCUT2D eigenvalue weighted by Crippen LogP contribution is -2.00. The van der Waals surface area contributed by atoms with Gasteiger partial charge >= 0.3 is 0 Å². The van der Waals surface area contributed by atoms with Gasteiger partial charge < -0.3 is 4.98 Å². The minimum atomic E-state index is 0.0783. The van der Waals surface area contributed by atoms with Gasteiger partial charge in [0.05, 0.1) is 18.4 Å². The molecule has 0 aliphatic carbocycles. The molecule has 0 saturated heterocycles. The summed E-state index contributed by atoms with van der Waals surface area (Å²) in [6.07, 6.45) is 3.28. The molecule has 2 aromatic rings. The smallest absolute Gasteiger partial charge is 0.180 e. The summed E-state index contributed by atoms with van der Waals surface area (Å²) in [7, 11) is 0. The first kappa shape index (κ1) is 7.85. The average molecular weight is 176 g/mol. The van der Waals surface area contributed by atoms with Crippen LogP contribution < -0.4 is 0 Å². The van der Waals surface area contributed by atoms with Gasteiger partial charge in [0, 0.05) is 0 Å². The maximum absolute atomic E-state index is 10.9. The molecular weight excluding hydrogens is 168 g/mol. The topological polar surface area (TPSA) is 71.5 Å². The van der Waals surface area contributed by atoms with Crippen LogP contribution in [0.2, 0.25) is 0 Å². The zero-order valence-electron chi connectivity index (χ0n) is 7.11. The number of carbonyl (C=O) groups excluding carboxylic acids is 1. The molecule has 0 amide bonds. The Morgan fingerprint density at radius 1 is 1.46 bits per heavy atom. The van der Waals surface area contributed by atoms with Crippen LogP contribution in [0.1, 0.15) is 12.6 Å². The van der Waals surface area contributed by atoms with E-state index in [0.717, 1.165) is 5.52 Å². The van der Waals surface area contributed by atoms with Gasteiger partial charge in [0.25, 0.3) is 0 Å². The van der Waals surface area contributed by atoms with Crippen molar-refractivity contribution in [3.8, 4) is 0 Å². The number of hydrogen-bond acceptors (Lipinski definition) is 4. The van der Waals surface area contributed by atoms with Crippen LogP contribution in [0.3, 0.4) is 0 Å². The minimum absolute atomic E-state index is 0.0783. The molecule has 0 fully saturated rings. The van der Waals surface area contributed by atoms with Crippen molar-refractivity contribution >= 4 is 16.9 Å². The first-order valence-corrected chi connectivity index (χ1v) is 3.90. The number of hydrogen-bond donors (Lipinski definition) is 1. The molecule has 0 atom stereocenters. The summed E-state index contributed by atoms with van der Waals surface area (Å²) in [6, 6.07) is 0. The van der Waals surface area contributed by atoms with Crippen molar-refractivity contribution in [2.45, 2.75) is 13.3 Å². The summed E-state index contributed by atoms with van der Waals surface area (Å²) >= 11 is 0. The molecule has 0 bridgehead atoms. The molecule has 0 radical (unpaired) electrons. The van der Waals surface area contributed by atoms with Crippen molar-refractivity contribution in [1.82, 2.24) is 19.9 Å². The number of nitrogens with zero attached hydrogens (tertiary/aromatic N) is 3. The lowest BCUT2D eigenvalue weighted by Gasteiger charge is -1.96. The first-order valence-electron chi connectivity index (χ1n) is 3.90. The molecule has 1 N–H and O–H groups in total. The quantitative estimate of drug-likeness (QED) is 0.722. The van der Waals surface area contributed by atoms with Gasteiger partial charge in [-0.25, -0.2) is 15.0 Å². The van der Waals surface area contributed by atoms with Crippen LogP contribution in [0.15, 0.2) is 12.7 Å². The maximum atomic E-state index is 10.9. The molecule has 2 heterocycles. The first-order chi connectivity index (χ1) is 6.27. The predicted molar refractivity (Wildman–Crippen MR) is 46.1 cm³/mol. The Morgan fingerprint density at radius 2 is 2.31 bits per heavy atom. The van der Waals surface area contributed by atoms with Crippen molar-refractivity contribution in [2.24, 2.45) is 0 Å². The van der Waals surface area contributed by atoms with E-state index in [-0.39, 0.29) is 5.78 Å². The molecule has 0 aliphatic heterocycles. The van der Waals surface area contributed by atoms with Gasteiger partial charge in [-0.05, 0) is 6.92 Å². The van der Waals surface area contributed by atoms with E-state index in [1.807, 2.05) is 0 Å². The predicted octanol–water partition coefficient (Wildman–Crippen LogP) is 0.484. The summed E-state index contributed by atoms with van der Waals surface area (Å²) in [5, 5.41) is 0. The summed E-state index contributed by atoms with van der Waals surface area (Å²) in [5.74, 6) is 0.0783. The van der Waals surface area contributed by atoms with Crippen LogP contribution in [-0.2, 0) is 11.2 Å². The molecule has 5 nitrogen and oxygen atoms in total. The van der Waals surface area contributed by atoms with E-state index in [2.05, 4.69) is 19.9 Å². The van der Waals surface area contributed by atoms with E-state index in [1.54, 1.807) is 6.33 Å². The van der Waals surface area contributed by atoms with E-state index < -0.39 is 0 Å². The Morgan fingerprint density at radius 3 is 3.08 bits per heavy atom. The Labute approximate surface area is 74.2 Å². The number of carbonyl (C=O) groups is 1. The second-order valence-electron chi connectivity index (χ2n) is 2.80. The van der Waals surface area contributed by atoms with Crippen LogP contribution in [0.25, 0.3) is 11.2 Å². The van der Waals surface area contributed by atoms with Gasteiger partial charge in [0.2, 0.25) is 0 Å². The van der Waals surface area contributed by atoms with E-state index in [4.69, 9.17) is 0 Å². The Hall–Kier alpha value is -1.78. The van der Waals surface area contributed by atoms with Crippen LogP contribution in [0.4, 0.5) is 0 Å². The zero-order chi connectivity index (χ0) is 9.26. The molecule has 13 heavy (non-hydrogen) atoms. The number of H-pyrrole nitrogens is 1. The number of nitrogens with one attached hydrogen (secondary N) is 1. The highest BCUT2D eigenvalue weighted by Crippen LogP contribution is 2.09. The third kappa shape index (κ3) is 1.40. The van der Waals surface area contributed by atoms with Crippen molar-refractivity contribution in [2.75, 3.05) is 0 Å². The molecule has 0 spiro atoms. The van der Waals surface area contributed by atoms with Crippen molar-refractivity contribution < 1.29 is 4.79 Å². The highest BCUT2D eigenvalue weighted by atomic mass is 16.1. The zero-order valence-corrected chi connectivity index (χ0v) is 7.11. The Bertz CT molecular complexity index is 448. The van der Waals surface area contributed by atoms with E-state index in [1.165, 1.54) is 13.3 Å². The van der Waals surface area contributed by atoms with Gasteiger partial charge in [0.15, 0.2) is 5.65 Å². The van der Waals surface area contributed by atoms with Crippen LogP contribution in [-0.4, -0.2) is 25.7 Å². The molecular formula is C8H8N4O. The second kappa shape index (κ2) is 2.93. The summed E-state index contributed by atoms with van der Waals surface area (Å²) in [4.78, 5) is 25.7. The number of aromatic amines is 1.